The molecule has 1 heterocycles. The van der Waals surface area contributed by atoms with Gasteiger partial charge in [-0.15, -0.1) is 11.8 Å². The van der Waals surface area contributed by atoms with Crippen LogP contribution in [0.3, 0.4) is 0 Å². The van der Waals surface area contributed by atoms with E-state index >= 15 is 0 Å². The van der Waals surface area contributed by atoms with Crippen LogP contribution >= 0.6 is 11.8 Å². The van der Waals surface area contributed by atoms with Crippen molar-refractivity contribution >= 4 is 17.7 Å². The second-order valence-electron chi connectivity index (χ2n) is 4.57. The third kappa shape index (κ3) is 3.35. The van der Waals surface area contributed by atoms with Crippen molar-refractivity contribution in [1.29, 1.82) is 0 Å². The van der Waals surface area contributed by atoms with E-state index in [1.54, 1.807) is 11.8 Å². The molecular formula is C14H19NO3S. The maximum absolute atomic E-state index is 11.2. The standard InChI is InChI=1S/C14H19NO3S/c1-3-4-13(19-9(2)14(15)16)10-5-6-11-12(7-10)18-8-17-11/h5-7,9,13H,3-4,8H2,1-2H3,(H2,15,16). The first-order chi connectivity index (χ1) is 9.11. The van der Waals surface area contributed by atoms with E-state index in [0.717, 1.165) is 29.9 Å². The van der Waals surface area contributed by atoms with Gasteiger partial charge >= 0.3 is 0 Å². The summed E-state index contributed by atoms with van der Waals surface area (Å²) in [4.78, 5) is 11.2. The van der Waals surface area contributed by atoms with Crippen LogP contribution < -0.4 is 15.2 Å². The molecule has 0 spiro atoms. The molecule has 2 atom stereocenters. The van der Waals surface area contributed by atoms with E-state index in [2.05, 4.69) is 6.92 Å². The fraction of sp³-hybridized carbons (Fsp3) is 0.500. The third-order valence-corrected chi connectivity index (χ3v) is 4.57. The molecule has 19 heavy (non-hydrogen) atoms. The molecule has 0 aromatic heterocycles. The largest absolute Gasteiger partial charge is 0.454 e. The minimum atomic E-state index is -0.271. The van der Waals surface area contributed by atoms with Crippen LogP contribution in [0.1, 0.15) is 37.5 Å². The molecular weight excluding hydrogens is 262 g/mol. The Kier molecular flexibility index (Phi) is 4.58. The van der Waals surface area contributed by atoms with Crippen molar-refractivity contribution in [3.63, 3.8) is 0 Å². The Hall–Kier alpha value is -1.36. The Bertz CT molecular complexity index is 464. The SMILES string of the molecule is CCCC(SC(C)C(N)=O)c1ccc2c(c1)OCO2. The second kappa shape index (κ2) is 6.19. The lowest BCUT2D eigenvalue weighted by Gasteiger charge is -2.19. The average molecular weight is 281 g/mol. The van der Waals surface area contributed by atoms with Gasteiger partial charge in [-0.25, -0.2) is 0 Å². The van der Waals surface area contributed by atoms with Gasteiger partial charge in [0.05, 0.1) is 5.25 Å². The second-order valence-corrected chi connectivity index (χ2v) is 6.12. The average Bonchev–Trinajstić information content (AvgIpc) is 2.85. The van der Waals surface area contributed by atoms with Gasteiger partial charge in [0.1, 0.15) is 0 Å². The van der Waals surface area contributed by atoms with E-state index in [0.29, 0.717) is 0 Å². The molecule has 0 saturated heterocycles. The van der Waals surface area contributed by atoms with E-state index in [-0.39, 0.29) is 23.2 Å². The molecule has 1 amide bonds. The molecule has 1 aromatic rings. The molecule has 1 aliphatic rings. The van der Waals surface area contributed by atoms with Crippen molar-refractivity contribution < 1.29 is 14.3 Å². The van der Waals surface area contributed by atoms with Crippen molar-refractivity contribution in [2.24, 2.45) is 5.73 Å². The van der Waals surface area contributed by atoms with E-state index in [1.807, 2.05) is 25.1 Å². The molecule has 2 unspecified atom stereocenters. The highest BCUT2D eigenvalue weighted by atomic mass is 32.2. The molecule has 5 heteroatoms. The number of fused-ring (bicyclic) bond motifs is 1. The number of thioether (sulfide) groups is 1. The Morgan fingerprint density at radius 1 is 1.42 bits per heavy atom. The number of nitrogens with two attached hydrogens (primary N) is 1. The first kappa shape index (κ1) is 14.1. The lowest BCUT2D eigenvalue weighted by Crippen LogP contribution is -2.23. The molecule has 0 fully saturated rings. The predicted molar refractivity (Wildman–Crippen MR) is 76.5 cm³/mol. The zero-order valence-corrected chi connectivity index (χ0v) is 12.0. The molecule has 0 bridgehead atoms. The minimum absolute atomic E-state index is 0.193. The number of carbonyl (C=O) groups excluding carboxylic acids is 1. The van der Waals surface area contributed by atoms with Crippen LogP contribution in [-0.2, 0) is 4.79 Å². The summed E-state index contributed by atoms with van der Waals surface area (Å²) in [5.74, 6) is 1.30. The minimum Gasteiger partial charge on any atom is -0.454 e. The van der Waals surface area contributed by atoms with Crippen LogP contribution in [0.2, 0.25) is 0 Å². The van der Waals surface area contributed by atoms with Crippen molar-refractivity contribution in [2.75, 3.05) is 6.79 Å². The first-order valence-electron chi connectivity index (χ1n) is 6.46. The van der Waals surface area contributed by atoms with Crippen LogP contribution in [0.5, 0.6) is 11.5 Å². The van der Waals surface area contributed by atoms with Crippen molar-refractivity contribution in [3.8, 4) is 11.5 Å². The van der Waals surface area contributed by atoms with Gasteiger partial charge in [0.25, 0.3) is 0 Å². The van der Waals surface area contributed by atoms with Crippen molar-refractivity contribution in [1.82, 2.24) is 0 Å². The lowest BCUT2D eigenvalue weighted by molar-refractivity contribution is -0.117. The van der Waals surface area contributed by atoms with Crippen LogP contribution in [0.25, 0.3) is 0 Å². The fourth-order valence-corrected chi connectivity index (χ4v) is 3.30. The van der Waals surface area contributed by atoms with Gasteiger partial charge in [-0.2, -0.15) is 0 Å². The third-order valence-electron chi connectivity index (χ3n) is 3.09. The molecule has 0 radical (unpaired) electrons. The van der Waals surface area contributed by atoms with Crippen LogP contribution in [0.4, 0.5) is 0 Å². The number of primary amides is 1. The van der Waals surface area contributed by atoms with Crippen LogP contribution in [0.15, 0.2) is 18.2 Å². The Balaban J connectivity index is 2.16. The smallest absolute Gasteiger partial charge is 0.231 e. The van der Waals surface area contributed by atoms with Gasteiger partial charge < -0.3 is 15.2 Å². The zero-order chi connectivity index (χ0) is 13.8. The van der Waals surface area contributed by atoms with Gasteiger partial charge in [0.15, 0.2) is 11.5 Å². The fourth-order valence-electron chi connectivity index (χ4n) is 2.00. The van der Waals surface area contributed by atoms with Gasteiger partial charge in [-0.1, -0.05) is 19.4 Å². The highest BCUT2D eigenvalue weighted by molar-refractivity contribution is 8.00. The molecule has 1 aliphatic heterocycles. The molecule has 0 saturated carbocycles. The highest BCUT2D eigenvalue weighted by Gasteiger charge is 2.21. The predicted octanol–water partition coefficient (Wildman–Crippen LogP) is 2.86. The topological polar surface area (TPSA) is 61.6 Å². The molecule has 2 rings (SSSR count). The van der Waals surface area contributed by atoms with E-state index in [1.165, 1.54) is 0 Å². The number of rotatable bonds is 6. The lowest BCUT2D eigenvalue weighted by atomic mass is 10.1. The van der Waals surface area contributed by atoms with Crippen LogP contribution in [0, 0.1) is 0 Å². The van der Waals surface area contributed by atoms with Gasteiger partial charge in [-0.3, -0.25) is 4.79 Å². The summed E-state index contributed by atoms with van der Waals surface area (Å²) in [7, 11) is 0. The number of benzene rings is 1. The van der Waals surface area contributed by atoms with Crippen molar-refractivity contribution in [3.05, 3.63) is 23.8 Å². The molecule has 104 valence electrons. The summed E-state index contributed by atoms with van der Waals surface area (Å²) in [6.07, 6.45) is 2.06. The highest BCUT2D eigenvalue weighted by Crippen LogP contribution is 2.41. The number of amides is 1. The summed E-state index contributed by atoms with van der Waals surface area (Å²) in [6.45, 7) is 4.26. The van der Waals surface area contributed by atoms with E-state index in [4.69, 9.17) is 15.2 Å². The zero-order valence-electron chi connectivity index (χ0n) is 11.2. The van der Waals surface area contributed by atoms with E-state index < -0.39 is 0 Å². The summed E-state index contributed by atoms with van der Waals surface area (Å²) in [6, 6.07) is 5.97. The van der Waals surface area contributed by atoms with Gasteiger partial charge in [0.2, 0.25) is 12.7 Å². The molecule has 2 N–H and O–H groups in total. The van der Waals surface area contributed by atoms with E-state index in [9.17, 15) is 4.79 Å². The first-order valence-corrected chi connectivity index (χ1v) is 7.40. The molecule has 0 aliphatic carbocycles. The normalized spacial score (nSPS) is 16.1. The Morgan fingerprint density at radius 2 is 2.16 bits per heavy atom. The Morgan fingerprint density at radius 3 is 2.84 bits per heavy atom. The number of carbonyl (C=O) groups is 1. The monoisotopic (exact) mass is 281 g/mol. The number of ether oxygens (including phenoxy) is 2. The summed E-state index contributed by atoms with van der Waals surface area (Å²) >= 11 is 1.61. The maximum atomic E-state index is 11.2. The van der Waals surface area contributed by atoms with Gasteiger partial charge in [-0.05, 0) is 31.0 Å². The summed E-state index contributed by atoms with van der Waals surface area (Å²) in [5, 5.41) is 0.0592. The molecule has 4 nitrogen and oxygen atoms in total. The maximum Gasteiger partial charge on any atom is 0.231 e. The number of hydrogen-bond donors (Lipinski definition) is 1. The van der Waals surface area contributed by atoms with Gasteiger partial charge in [0, 0.05) is 5.25 Å². The van der Waals surface area contributed by atoms with Crippen molar-refractivity contribution in [2.45, 2.75) is 37.2 Å². The van der Waals surface area contributed by atoms with Crippen LogP contribution in [-0.4, -0.2) is 18.0 Å². The quantitative estimate of drug-likeness (QED) is 0.871. The number of hydrogen-bond acceptors (Lipinski definition) is 4. The summed E-state index contributed by atoms with van der Waals surface area (Å²) < 4.78 is 10.7. The Labute approximate surface area is 117 Å². The summed E-state index contributed by atoms with van der Waals surface area (Å²) in [5.41, 5.74) is 6.50. The molecule has 1 aromatic carbocycles.